The van der Waals surface area contributed by atoms with Crippen molar-refractivity contribution in [3.05, 3.63) is 52.0 Å². The van der Waals surface area contributed by atoms with Gasteiger partial charge in [0.05, 0.1) is 6.54 Å². The highest BCUT2D eigenvalue weighted by Crippen LogP contribution is 2.23. The SMILES string of the molecule is CN=C(NCCN1CCc2sccc2C1)NCC(C)Oc1ccccc1F. The number of nitrogens with one attached hydrogen (secondary N) is 2. The lowest BCUT2D eigenvalue weighted by Crippen LogP contribution is -2.44. The lowest BCUT2D eigenvalue weighted by atomic mass is 10.1. The lowest BCUT2D eigenvalue weighted by molar-refractivity contribution is 0.214. The van der Waals surface area contributed by atoms with Crippen molar-refractivity contribution in [1.29, 1.82) is 0 Å². The Morgan fingerprint density at radius 3 is 3.00 bits per heavy atom. The molecule has 2 N–H and O–H groups in total. The molecule has 3 rings (SSSR count). The van der Waals surface area contributed by atoms with Crippen LogP contribution in [0, 0.1) is 5.82 Å². The van der Waals surface area contributed by atoms with Gasteiger partial charge in [-0.15, -0.1) is 11.3 Å². The molecular formula is C20H27FN4OS. The first-order chi connectivity index (χ1) is 13.2. The summed E-state index contributed by atoms with van der Waals surface area (Å²) >= 11 is 1.86. The molecule has 2 aromatic rings. The summed E-state index contributed by atoms with van der Waals surface area (Å²) in [6.45, 7) is 6.36. The predicted molar refractivity (Wildman–Crippen MR) is 109 cm³/mol. The van der Waals surface area contributed by atoms with Crippen molar-refractivity contribution in [3.63, 3.8) is 0 Å². The Morgan fingerprint density at radius 2 is 2.19 bits per heavy atom. The fourth-order valence-electron chi connectivity index (χ4n) is 3.09. The first kappa shape index (κ1) is 19.6. The van der Waals surface area contributed by atoms with Crippen LogP contribution in [0.25, 0.3) is 0 Å². The van der Waals surface area contributed by atoms with E-state index >= 15 is 0 Å². The van der Waals surface area contributed by atoms with Crippen molar-refractivity contribution in [2.24, 2.45) is 4.99 Å². The lowest BCUT2D eigenvalue weighted by Gasteiger charge is -2.27. The third-order valence-corrected chi connectivity index (χ3v) is 5.58. The van der Waals surface area contributed by atoms with Crippen LogP contribution in [0.4, 0.5) is 4.39 Å². The molecule has 0 fully saturated rings. The first-order valence-corrected chi connectivity index (χ1v) is 10.2. The minimum absolute atomic E-state index is 0.181. The van der Waals surface area contributed by atoms with Crippen LogP contribution in [0.2, 0.25) is 0 Å². The van der Waals surface area contributed by atoms with Crippen LogP contribution >= 0.6 is 11.3 Å². The van der Waals surface area contributed by atoms with Crippen molar-refractivity contribution in [2.45, 2.75) is 26.0 Å². The van der Waals surface area contributed by atoms with E-state index in [9.17, 15) is 4.39 Å². The van der Waals surface area contributed by atoms with E-state index in [0.717, 1.165) is 38.6 Å². The Morgan fingerprint density at radius 1 is 1.33 bits per heavy atom. The van der Waals surface area contributed by atoms with E-state index in [-0.39, 0.29) is 17.7 Å². The predicted octanol–water partition coefficient (Wildman–Crippen LogP) is 2.88. The molecule has 0 saturated heterocycles. The van der Waals surface area contributed by atoms with Gasteiger partial charge in [0.15, 0.2) is 17.5 Å². The van der Waals surface area contributed by atoms with Crippen molar-refractivity contribution in [3.8, 4) is 5.75 Å². The number of hydrogen-bond acceptors (Lipinski definition) is 4. The van der Waals surface area contributed by atoms with E-state index in [1.54, 1.807) is 25.2 Å². The fourth-order valence-corrected chi connectivity index (χ4v) is 3.98. The van der Waals surface area contributed by atoms with Crippen molar-refractivity contribution in [1.82, 2.24) is 15.5 Å². The van der Waals surface area contributed by atoms with Gasteiger partial charge in [0.25, 0.3) is 0 Å². The molecule has 5 nitrogen and oxygen atoms in total. The molecule has 7 heteroatoms. The Hall–Kier alpha value is -2.12. The van der Waals surface area contributed by atoms with Gasteiger partial charge in [0.1, 0.15) is 6.10 Å². The van der Waals surface area contributed by atoms with E-state index in [1.807, 2.05) is 18.3 Å². The third-order valence-electron chi connectivity index (χ3n) is 4.55. The largest absolute Gasteiger partial charge is 0.486 e. The Labute approximate surface area is 164 Å². The van der Waals surface area contributed by atoms with Crippen LogP contribution in [0.3, 0.4) is 0 Å². The summed E-state index contributed by atoms with van der Waals surface area (Å²) in [4.78, 5) is 8.23. The van der Waals surface area contributed by atoms with E-state index in [1.165, 1.54) is 16.5 Å². The minimum Gasteiger partial charge on any atom is -0.486 e. The zero-order valence-electron chi connectivity index (χ0n) is 15.9. The second-order valence-electron chi connectivity index (χ2n) is 6.63. The number of nitrogens with zero attached hydrogens (tertiary/aromatic N) is 2. The van der Waals surface area contributed by atoms with Gasteiger partial charge in [0.2, 0.25) is 0 Å². The number of aliphatic imine (C=N–C) groups is 1. The maximum absolute atomic E-state index is 13.6. The van der Waals surface area contributed by atoms with E-state index in [0.29, 0.717) is 6.54 Å². The van der Waals surface area contributed by atoms with Crippen LogP contribution in [0.5, 0.6) is 5.75 Å². The van der Waals surface area contributed by atoms with Crippen molar-refractivity contribution >= 4 is 17.3 Å². The molecule has 0 radical (unpaired) electrons. The number of halogens is 1. The van der Waals surface area contributed by atoms with Crippen LogP contribution in [0.15, 0.2) is 40.7 Å². The molecular weight excluding hydrogens is 363 g/mol. The van der Waals surface area contributed by atoms with E-state index in [4.69, 9.17) is 4.74 Å². The monoisotopic (exact) mass is 390 g/mol. The number of fused-ring (bicyclic) bond motifs is 1. The molecule has 0 spiro atoms. The Balaban J connectivity index is 1.36. The van der Waals surface area contributed by atoms with E-state index in [2.05, 4.69) is 32.0 Å². The number of benzene rings is 1. The first-order valence-electron chi connectivity index (χ1n) is 9.29. The molecule has 2 heterocycles. The van der Waals surface area contributed by atoms with Crippen LogP contribution in [0.1, 0.15) is 17.4 Å². The molecule has 0 aliphatic carbocycles. The number of ether oxygens (including phenoxy) is 1. The highest BCUT2D eigenvalue weighted by Gasteiger charge is 2.16. The molecule has 1 unspecified atom stereocenters. The maximum atomic E-state index is 13.6. The zero-order valence-corrected chi connectivity index (χ0v) is 16.7. The molecule has 1 aromatic carbocycles. The topological polar surface area (TPSA) is 48.9 Å². The van der Waals surface area contributed by atoms with Gasteiger partial charge >= 0.3 is 0 Å². The van der Waals surface area contributed by atoms with Crippen LogP contribution in [-0.2, 0) is 13.0 Å². The van der Waals surface area contributed by atoms with Gasteiger partial charge in [-0.1, -0.05) is 12.1 Å². The summed E-state index contributed by atoms with van der Waals surface area (Å²) in [5.41, 5.74) is 1.47. The summed E-state index contributed by atoms with van der Waals surface area (Å²) < 4.78 is 19.3. The number of thiophene rings is 1. The van der Waals surface area contributed by atoms with Crippen molar-refractivity contribution < 1.29 is 9.13 Å². The fraction of sp³-hybridized carbons (Fsp3) is 0.450. The van der Waals surface area contributed by atoms with Gasteiger partial charge in [-0.2, -0.15) is 0 Å². The molecule has 0 saturated carbocycles. The summed E-state index contributed by atoms with van der Waals surface area (Å²) in [6, 6.07) is 8.68. The third kappa shape index (κ3) is 5.68. The second kappa shape index (κ2) is 9.71. The maximum Gasteiger partial charge on any atom is 0.191 e. The highest BCUT2D eigenvalue weighted by molar-refractivity contribution is 7.10. The zero-order chi connectivity index (χ0) is 19.1. The average molecular weight is 391 g/mol. The van der Waals surface area contributed by atoms with Gasteiger partial charge < -0.3 is 15.4 Å². The Kier molecular flexibility index (Phi) is 7.06. The normalized spacial score (nSPS) is 15.9. The molecule has 1 aliphatic heterocycles. The molecule has 1 aromatic heterocycles. The van der Waals surface area contributed by atoms with Gasteiger partial charge in [-0.05, 0) is 42.5 Å². The summed E-state index contributed by atoms with van der Waals surface area (Å²) in [5.74, 6) is 0.655. The number of guanidine groups is 1. The summed E-state index contributed by atoms with van der Waals surface area (Å²) in [7, 11) is 1.75. The molecule has 0 bridgehead atoms. The molecule has 27 heavy (non-hydrogen) atoms. The van der Waals surface area contributed by atoms with Crippen LogP contribution < -0.4 is 15.4 Å². The molecule has 146 valence electrons. The number of para-hydroxylation sites is 1. The molecule has 1 atom stereocenters. The van der Waals surface area contributed by atoms with E-state index < -0.39 is 0 Å². The number of hydrogen-bond donors (Lipinski definition) is 2. The van der Waals surface area contributed by atoms with Gasteiger partial charge in [-0.3, -0.25) is 9.89 Å². The van der Waals surface area contributed by atoms with Crippen LogP contribution in [-0.4, -0.2) is 50.2 Å². The minimum atomic E-state index is -0.345. The molecule has 1 aliphatic rings. The smallest absolute Gasteiger partial charge is 0.191 e. The molecule has 0 amide bonds. The highest BCUT2D eigenvalue weighted by atomic mass is 32.1. The average Bonchev–Trinajstić information content (AvgIpc) is 3.14. The Bertz CT molecular complexity index is 764. The van der Waals surface area contributed by atoms with Gasteiger partial charge in [-0.25, -0.2) is 4.39 Å². The summed E-state index contributed by atoms with van der Waals surface area (Å²) in [6.07, 6.45) is 0.963. The van der Waals surface area contributed by atoms with Crippen molar-refractivity contribution in [2.75, 3.05) is 33.2 Å². The number of rotatable bonds is 7. The summed E-state index contributed by atoms with van der Waals surface area (Å²) in [5, 5.41) is 8.75. The standard InChI is InChI=1S/C20H27FN4OS/c1-15(26-18-6-4-3-5-17(18)21)13-24-20(22-2)23-9-11-25-10-7-19-16(14-25)8-12-27-19/h3-6,8,12,15H,7,9-11,13-14H2,1-2H3,(H2,22,23,24). The quantitative estimate of drug-likeness (QED) is 0.564. The second-order valence-corrected chi connectivity index (χ2v) is 7.63. The van der Waals surface area contributed by atoms with Gasteiger partial charge in [0, 0.05) is 38.1 Å².